The van der Waals surface area contributed by atoms with E-state index in [0.29, 0.717) is 0 Å². The van der Waals surface area contributed by atoms with Crippen molar-refractivity contribution in [2.24, 2.45) is 0 Å². The Bertz CT molecular complexity index is 97.8. The molecule has 9 heavy (non-hydrogen) atoms. The predicted octanol–water partition coefficient (Wildman–Crippen LogP) is -1.66. The van der Waals surface area contributed by atoms with Gasteiger partial charge in [0.15, 0.2) is 0 Å². The Morgan fingerprint density at radius 2 is 2.33 bits per heavy atom. The van der Waals surface area contributed by atoms with E-state index in [9.17, 15) is 4.79 Å². The fourth-order valence-electron chi connectivity index (χ4n) is 0.279. The lowest BCUT2D eigenvalue weighted by Crippen LogP contribution is -2.35. The van der Waals surface area contributed by atoms with Gasteiger partial charge in [-0.2, -0.15) is 12.6 Å². The van der Waals surface area contributed by atoms with Crippen LogP contribution in [0.1, 0.15) is 0 Å². The molecule has 0 aliphatic carbocycles. The van der Waals surface area contributed by atoms with Crippen LogP contribution in [-0.2, 0) is 4.79 Å². The van der Waals surface area contributed by atoms with Crippen LogP contribution in [0.3, 0.4) is 0 Å². The molecular weight excluding hydrogens is 142 g/mol. The Hall–Kier alpha value is -0.260. The maximum atomic E-state index is 10.4. The van der Waals surface area contributed by atoms with Crippen LogP contribution in [0.5, 0.6) is 0 Å². The average molecular weight is 151 g/mol. The molecule has 0 aliphatic rings. The number of carbonyl (C=O) groups excluding carboxylic acids is 1. The van der Waals surface area contributed by atoms with E-state index in [1.54, 1.807) is 0 Å². The van der Waals surface area contributed by atoms with Crippen molar-refractivity contribution in [1.82, 2.24) is 5.32 Å². The number of hydrogen-bond acceptors (Lipinski definition) is 4. The van der Waals surface area contributed by atoms with Crippen molar-refractivity contribution in [3.8, 4) is 0 Å². The van der Waals surface area contributed by atoms with Crippen LogP contribution < -0.4 is 5.32 Å². The first kappa shape index (κ1) is 8.74. The van der Waals surface area contributed by atoms with Crippen molar-refractivity contribution in [1.29, 1.82) is 0 Å². The Morgan fingerprint density at radius 1 is 1.78 bits per heavy atom. The van der Waals surface area contributed by atoms with E-state index in [2.05, 4.69) is 12.6 Å². The zero-order valence-corrected chi connectivity index (χ0v) is 5.64. The van der Waals surface area contributed by atoms with Gasteiger partial charge in [-0.1, -0.05) is 0 Å². The minimum absolute atomic E-state index is 0.0613. The van der Waals surface area contributed by atoms with Crippen LogP contribution >= 0.6 is 12.6 Å². The van der Waals surface area contributed by atoms with Crippen LogP contribution in [0.2, 0.25) is 0 Å². The van der Waals surface area contributed by atoms with Gasteiger partial charge in [0.1, 0.15) is 12.8 Å². The molecule has 1 atom stereocenters. The lowest BCUT2D eigenvalue weighted by Gasteiger charge is -2.04. The fraction of sp³-hybridized carbons (Fsp3) is 0.750. The summed E-state index contributed by atoms with van der Waals surface area (Å²) in [6.45, 7) is -0.455. The molecule has 1 unspecified atom stereocenters. The van der Waals surface area contributed by atoms with Gasteiger partial charge in [0.05, 0.1) is 0 Å². The summed E-state index contributed by atoms with van der Waals surface area (Å²) in [4.78, 5) is 10.4. The lowest BCUT2D eigenvalue weighted by atomic mass is 10.4. The van der Waals surface area contributed by atoms with Crippen molar-refractivity contribution in [3.05, 3.63) is 0 Å². The van der Waals surface area contributed by atoms with Gasteiger partial charge in [-0.3, -0.25) is 4.79 Å². The Labute approximate surface area is 58.3 Å². The first-order chi connectivity index (χ1) is 4.22. The molecule has 0 spiro atoms. The van der Waals surface area contributed by atoms with Gasteiger partial charge in [0.25, 0.3) is 5.91 Å². The van der Waals surface area contributed by atoms with E-state index in [0.717, 1.165) is 0 Å². The Kier molecular flexibility index (Phi) is 4.47. The molecule has 0 rings (SSSR count). The number of rotatable bonds is 3. The van der Waals surface area contributed by atoms with Crippen molar-refractivity contribution in [2.45, 2.75) is 6.10 Å². The molecular formula is C4H9NO3S. The minimum atomic E-state index is -1.12. The minimum Gasteiger partial charge on any atom is -0.382 e. The van der Waals surface area contributed by atoms with Crippen molar-refractivity contribution in [2.75, 3.05) is 12.5 Å². The van der Waals surface area contributed by atoms with Gasteiger partial charge >= 0.3 is 0 Å². The smallest absolute Gasteiger partial charge is 0.251 e. The van der Waals surface area contributed by atoms with Crippen LogP contribution in [0, 0.1) is 0 Å². The van der Waals surface area contributed by atoms with E-state index in [1.807, 2.05) is 5.32 Å². The number of hydrogen-bond donors (Lipinski definition) is 4. The number of carbonyl (C=O) groups is 1. The summed E-state index contributed by atoms with van der Waals surface area (Å²) in [5.41, 5.74) is 0. The SMILES string of the molecule is O=C(NCO)C(O)CS. The van der Waals surface area contributed by atoms with Crippen molar-refractivity contribution < 1.29 is 15.0 Å². The summed E-state index contributed by atoms with van der Waals surface area (Å²) in [5, 5.41) is 18.8. The summed E-state index contributed by atoms with van der Waals surface area (Å²) in [7, 11) is 0. The Morgan fingerprint density at radius 3 is 2.67 bits per heavy atom. The molecule has 0 saturated heterocycles. The first-order valence-electron chi connectivity index (χ1n) is 2.40. The molecule has 0 radical (unpaired) electrons. The quantitative estimate of drug-likeness (QED) is 0.288. The Balaban J connectivity index is 3.46. The largest absolute Gasteiger partial charge is 0.382 e. The van der Waals surface area contributed by atoms with E-state index >= 15 is 0 Å². The number of aliphatic hydroxyl groups is 2. The maximum absolute atomic E-state index is 10.4. The standard InChI is InChI=1S/C4H9NO3S/c6-2-5-4(8)3(7)1-9/h3,6-7,9H,1-2H2,(H,5,8). The highest BCUT2D eigenvalue weighted by atomic mass is 32.1. The van der Waals surface area contributed by atoms with Crippen molar-refractivity contribution >= 4 is 18.5 Å². The van der Waals surface area contributed by atoms with Crippen LogP contribution in [0.25, 0.3) is 0 Å². The van der Waals surface area contributed by atoms with E-state index in [-0.39, 0.29) is 5.75 Å². The molecule has 0 aliphatic heterocycles. The summed E-state index contributed by atoms with van der Waals surface area (Å²) < 4.78 is 0. The van der Waals surface area contributed by atoms with Crippen molar-refractivity contribution in [3.63, 3.8) is 0 Å². The van der Waals surface area contributed by atoms with Gasteiger partial charge in [-0.15, -0.1) is 0 Å². The van der Waals surface area contributed by atoms with Crippen LogP contribution in [-0.4, -0.2) is 34.7 Å². The average Bonchev–Trinajstić information content (AvgIpc) is 1.87. The van der Waals surface area contributed by atoms with E-state index < -0.39 is 18.7 Å². The fourth-order valence-corrected chi connectivity index (χ4v) is 0.444. The third-order valence-corrected chi connectivity index (χ3v) is 1.07. The summed E-state index contributed by atoms with van der Waals surface area (Å²) in [5.74, 6) is -0.543. The number of nitrogens with one attached hydrogen (secondary N) is 1. The zero-order valence-electron chi connectivity index (χ0n) is 4.74. The lowest BCUT2D eigenvalue weighted by molar-refractivity contribution is -0.129. The van der Waals surface area contributed by atoms with E-state index in [4.69, 9.17) is 10.2 Å². The molecule has 0 aromatic carbocycles. The van der Waals surface area contributed by atoms with E-state index in [1.165, 1.54) is 0 Å². The van der Waals surface area contributed by atoms with Gasteiger partial charge in [0, 0.05) is 5.75 Å². The predicted molar refractivity (Wildman–Crippen MR) is 35.1 cm³/mol. The van der Waals surface area contributed by atoms with Gasteiger partial charge in [-0.05, 0) is 0 Å². The molecule has 0 saturated carbocycles. The molecule has 0 heterocycles. The molecule has 4 nitrogen and oxygen atoms in total. The molecule has 1 amide bonds. The molecule has 0 aromatic heterocycles. The number of aliphatic hydroxyl groups excluding tert-OH is 2. The monoisotopic (exact) mass is 151 g/mol. The number of thiol groups is 1. The molecule has 0 fully saturated rings. The second-order valence-electron chi connectivity index (χ2n) is 1.40. The molecule has 54 valence electrons. The van der Waals surface area contributed by atoms with Gasteiger partial charge in [0.2, 0.25) is 0 Å². The van der Waals surface area contributed by atoms with Crippen LogP contribution in [0.4, 0.5) is 0 Å². The first-order valence-corrected chi connectivity index (χ1v) is 3.03. The molecule has 0 bridgehead atoms. The normalized spacial score (nSPS) is 12.8. The third kappa shape index (κ3) is 3.34. The van der Waals surface area contributed by atoms with Crippen LogP contribution in [0.15, 0.2) is 0 Å². The number of amides is 1. The molecule has 3 N–H and O–H groups in total. The second kappa shape index (κ2) is 4.60. The maximum Gasteiger partial charge on any atom is 0.251 e. The third-order valence-electron chi connectivity index (χ3n) is 0.729. The summed E-state index contributed by atoms with van der Waals surface area (Å²) >= 11 is 3.66. The zero-order chi connectivity index (χ0) is 7.28. The van der Waals surface area contributed by atoms with Gasteiger partial charge in [-0.25, -0.2) is 0 Å². The second-order valence-corrected chi connectivity index (χ2v) is 1.76. The van der Waals surface area contributed by atoms with Gasteiger partial charge < -0.3 is 15.5 Å². The topological polar surface area (TPSA) is 69.6 Å². The highest BCUT2D eigenvalue weighted by molar-refractivity contribution is 7.80. The molecule has 0 aromatic rings. The summed E-state index contributed by atoms with van der Waals surface area (Å²) in [6.07, 6.45) is -1.12. The summed E-state index contributed by atoms with van der Waals surface area (Å²) in [6, 6.07) is 0. The highest BCUT2D eigenvalue weighted by Gasteiger charge is 2.10. The highest BCUT2D eigenvalue weighted by Crippen LogP contribution is 1.84. The molecule has 5 heteroatoms.